The monoisotopic (exact) mass is 809 g/mol. The van der Waals surface area contributed by atoms with Crippen LogP contribution in [0.5, 0.6) is 0 Å². The molecule has 0 aliphatic rings. The van der Waals surface area contributed by atoms with E-state index in [0.29, 0.717) is 0 Å². The predicted molar refractivity (Wildman–Crippen MR) is 196 cm³/mol. The van der Waals surface area contributed by atoms with Gasteiger partial charge in [0.15, 0.2) is 0 Å². The third-order valence-electron chi connectivity index (χ3n) is 7.97. The Hall–Kier alpha value is -4.15. The summed E-state index contributed by atoms with van der Waals surface area (Å²) < 4.78 is 6.37. The van der Waals surface area contributed by atoms with Crippen molar-refractivity contribution in [3.63, 3.8) is 0 Å². The molecule has 0 unspecified atom stereocenters. The quantitative estimate of drug-likeness (QED) is 0.128. The van der Waals surface area contributed by atoms with Crippen LogP contribution in [0.3, 0.4) is 0 Å². The van der Waals surface area contributed by atoms with E-state index in [2.05, 4.69) is 135 Å². The molecule has 239 valence electrons. The molecule has 5 heteroatoms. The Kier molecular flexibility index (Phi) is 10.4. The van der Waals surface area contributed by atoms with Crippen LogP contribution in [-0.2, 0) is 26.5 Å². The molecule has 0 fully saturated rings. The largest absolute Gasteiger partial charge is 0.501 e. The van der Waals surface area contributed by atoms with Gasteiger partial charge in [-0.25, -0.2) is 0 Å². The summed E-state index contributed by atoms with van der Waals surface area (Å²) in [6.45, 7) is 13.8. The van der Waals surface area contributed by atoms with Gasteiger partial charge in [0, 0.05) is 37.9 Å². The molecule has 0 aliphatic heterocycles. The summed E-state index contributed by atoms with van der Waals surface area (Å²) in [6.07, 6.45) is 4.90. The second-order valence-corrected chi connectivity index (χ2v) is 19.1. The van der Waals surface area contributed by atoms with Crippen molar-refractivity contribution >= 4 is 35.2 Å². The van der Waals surface area contributed by atoms with Crippen LogP contribution in [0.15, 0.2) is 126 Å². The first-order valence-electron chi connectivity index (χ1n) is 15.9. The summed E-state index contributed by atoms with van der Waals surface area (Å²) in [5, 5.41) is 3.61. The molecular formula is C42H40IrN2OSi-2. The maximum Gasteiger partial charge on any atom is 0.121 e. The van der Waals surface area contributed by atoms with Gasteiger partial charge in [0.2, 0.25) is 0 Å². The Morgan fingerprint density at radius 2 is 1.49 bits per heavy atom. The molecule has 0 saturated heterocycles. The molecule has 3 heterocycles. The molecule has 0 bridgehead atoms. The second-order valence-electron chi connectivity index (χ2n) is 14.0. The van der Waals surface area contributed by atoms with Crippen molar-refractivity contribution in [1.82, 2.24) is 9.97 Å². The SMILES string of the molecule is CC(C)(C)Cc1ccnc(-c2[c-]ccc3c2oc2cc(-c4ccccc4)ccc23)c1.C[Si](C)(C)c1ccc(-c2[c-]cccc2)nc1.[Ir]. The van der Waals surface area contributed by atoms with Crippen molar-refractivity contribution in [2.24, 2.45) is 5.41 Å². The van der Waals surface area contributed by atoms with Crippen LogP contribution in [0.25, 0.3) is 55.6 Å². The van der Waals surface area contributed by atoms with Crippen molar-refractivity contribution < 1.29 is 24.5 Å². The van der Waals surface area contributed by atoms with Gasteiger partial charge in [-0.05, 0) is 51.7 Å². The van der Waals surface area contributed by atoms with E-state index in [4.69, 9.17) is 4.42 Å². The van der Waals surface area contributed by atoms with Gasteiger partial charge in [-0.15, -0.1) is 54.1 Å². The fourth-order valence-electron chi connectivity index (χ4n) is 5.62. The van der Waals surface area contributed by atoms with E-state index < -0.39 is 8.07 Å². The van der Waals surface area contributed by atoms with Crippen LogP contribution in [0, 0.1) is 17.5 Å². The number of aromatic nitrogens is 2. The third kappa shape index (κ3) is 8.23. The van der Waals surface area contributed by atoms with E-state index in [1.165, 1.54) is 16.3 Å². The molecule has 3 nitrogen and oxygen atoms in total. The summed E-state index contributed by atoms with van der Waals surface area (Å²) in [6, 6.07) is 43.9. The normalized spacial score (nSPS) is 11.5. The van der Waals surface area contributed by atoms with E-state index in [-0.39, 0.29) is 25.5 Å². The first kappa shape index (κ1) is 34.2. The number of pyridine rings is 2. The van der Waals surface area contributed by atoms with E-state index in [1.807, 2.05) is 48.8 Å². The summed E-state index contributed by atoms with van der Waals surface area (Å²) in [7, 11) is -1.23. The van der Waals surface area contributed by atoms with E-state index in [9.17, 15) is 0 Å². The Morgan fingerprint density at radius 1 is 0.702 bits per heavy atom. The minimum absolute atomic E-state index is 0. The molecule has 0 aliphatic carbocycles. The number of nitrogens with zero attached hydrogens (tertiary/aromatic N) is 2. The standard InChI is InChI=1S/C28H24NO.C14H16NSi.Ir/c1-28(2,3)18-19-14-15-29-25(16-19)24-11-7-10-23-22-13-12-21(17-26(22)30-27(23)24)20-8-5-4-6-9-20;1-16(2,3)13-9-10-14(15-11-13)12-7-5-4-6-8-12;/h4-10,12-17H,18H2,1-3H3;4-7,9-11H,1-3H3;/q2*-1;. The van der Waals surface area contributed by atoms with Gasteiger partial charge < -0.3 is 14.4 Å². The molecule has 0 saturated carbocycles. The molecule has 0 spiro atoms. The minimum Gasteiger partial charge on any atom is -0.501 e. The van der Waals surface area contributed by atoms with Crippen LogP contribution in [0.2, 0.25) is 19.6 Å². The van der Waals surface area contributed by atoms with E-state index >= 15 is 0 Å². The third-order valence-corrected chi connectivity index (χ3v) is 10.00. The number of hydrogen-bond acceptors (Lipinski definition) is 3. The molecule has 7 aromatic rings. The summed E-state index contributed by atoms with van der Waals surface area (Å²) in [5.74, 6) is 0. The Morgan fingerprint density at radius 3 is 2.17 bits per heavy atom. The van der Waals surface area contributed by atoms with Gasteiger partial charge in [-0.1, -0.05) is 118 Å². The van der Waals surface area contributed by atoms with Gasteiger partial charge in [0.05, 0.1) is 13.7 Å². The smallest absolute Gasteiger partial charge is 0.121 e. The van der Waals surface area contributed by atoms with Gasteiger partial charge in [-0.2, -0.15) is 0 Å². The van der Waals surface area contributed by atoms with Crippen molar-refractivity contribution in [3.8, 4) is 33.6 Å². The van der Waals surface area contributed by atoms with E-state index in [0.717, 1.165) is 56.4 Å². The molecule has 4 aromatic carbocycles. The molecule has 1 radical (unpaired) electrons. The average Bonchev–Trinajstić information content (AvgIpc) is 3.43. The second kappa shape index (κ2) is 14.3. The van der Waals surface area contributed by atoms with Crippen LogP contribution < -0.4 is 5.19 Å². The number of furan rings is 1. The predicted octanol–water partition coefficient (Wildman–Crippen LogP) is 10.8. The topological polar surface area (TPSA) is 38.9 Å². The summed E-state index contributed by atoms with van der Waals surface area (Å²) in [5.41, 5.74) is 9.46. The fraction of sp³-hybridized carbons (Fsp3) is 0.190. The van der Waals surface area contributed by atoms with Crippen LogP contribution in [0.4, 0.5) is 0 Å². The van der Waals surface area contributed by atoms with Gasteiger partial charge in [-0.3, -0.25) is 0 Å². The van der Waals surface area contributed by atoms with Crippen molar-refractivity contribution in [3.05, 3.63) is 139 Å². The molecule has 3 aromatic heterocycles. The zero-order valence-corrected chi connectivity index (χ0v) is 31.3. The Labute approximate surface area is 293 Å². The first-order chi connectivity index (χ1) is 22.0. The Bertz CT molecular complexity index is 2070. The summed E-state index contributed by atoms with van der Waals surface area (Å²) in [4.78, 5) is 9.15. The minimum atomic E-state index is -1.23. The van der Waals surface area contributed by atoms with Crippen molar-refractivity contribution in [2.45, 2.75) is 46.8 Å². The van der Waals surface area contributed by atoms with Crippen molar-refractivity contribution in [1.29, 1.82) is 0 Å². The average molecular weight is 809 g/mol. The number of benzene rings is 4. The number of fused-ring (bicyclic) bond motifs is 3. The zero-order chi connectivity index (χ0) is 32.3. The maximum atomic E-state index is 6.37. The van der Waals surface area contributed by atoms with E-state index in [1.54, 1.807) is 0 Å². The summed E-state index contributed by atoms with van der Waals surface area (Å²) >= 11 is 0. The van der Waals surface area contributed by atoms with Crippen LogP contribution in [0.1, 0.15) is 26.3 Å². The van der Waals surface area contributed by atoms with Gasteiger partial charge in [0.1, 0.15) is 5.58 Å². The molecule has 0 atom stereocenters. The van der Waals surface area contributed by atoms with Crippen LogP contribution >= 0.6 is 0 Å². The fourth-order valence-corrected chi connectivity index (χ4v) is 6.66. The zero-order valence-electron chi connectivity index (χ0n) is 27.9. The number of hydrogen-bond donors (Lipinski definition) is 0. The van der Waals surface area contributed by atoms with Gasteiger partial charge in [0.25, 0.3) is 0 Å². The number of rotatable bonds is 5. The molecular weight excluding hydrogens is 769 g/mol. The Balaban J connectivity index is 0.000000217. The first-order valence-corrected chi connectivity index (χ1v) is 19.4. The van der Waals surface area contributed by atoms with Crippen molar-refractivity contribution in [2.75, 3.05) is 0 Å². The molecule has 7 rings (SSSR count). The molecule has 0 amide bonds. The maximum absolute atomic E-state index is 6.37. The molecule has 0 N–H and O–H groups in total. The molecule has 47 heavy (non-hydrogen) atoms. The van der Waals surface area contributed by atoms with Gasteiger partial charge >= 0.3 is 0 Å². The van der Waals surface area contributed by atoms with Crippen LogP contribution in [-0.4, -0.2) is 18.0 Å².